The Balaban J connectivity index is 2.08. The number of sulfone groups is 1. The van der Waals surface area contributed by atoms with E-state index in [1.54, 1.807) is 0 Å². The first kappa shape index (κ1) is 17.9. The highest BCUT2D eigenvalue weighted by Crippen LogP contribution is 2.48. The topological polar surface area (TPSA) is 99.1 Å². The van der Waals surface area contributed by atoms with Gasteiger partial charge in [0.1, 0.15) is 5.02 Å². The van der Waals surface area contributed by atoms with E-state index in [9.17, 15) is 13.2 Å². The number of ether oxygens (including phenoxy) is 3. The van der Waals surface area contributed by atoms with Gasteiger partial charge < -0.3 is 19.3 Å². The Morgan fingerprint density at radius 3 is 2.48 bits per heavy atom. The summed E-state index contributed by atoms with van der Waals surface area (Å²) in [5.74, 6) is -0.246. The highest BCUT2D eigenvalue weighted by molar-refractivity contribution is 7.91. The number of carboxylic acid groups (broad SMARTS) is 1. The van der Waals surface area contributed by atoms with Crippen molar-refractivity contribution in [1.29, 1.82) is 0 Å². The zero-order valence-electron chi connectivity index (χ0n) is 11.9. The molecule has 25 heavy (non-hydrogen) atoms. The van der Waals surface area contributed by atoms with Crippen LogP contribution in [0.25, 0.3) is 0 Å². The number of fused-ring (bicyclic) bond motifs is 1. The lowest BCUT2D eigenvalue weighted by molar-refractivity contribution is -0.147. The van der Waals surface area contributed by atoms with Crippen molar-refractivity contribution >= 4 is 50.8 Å². The molecule has 1 aliphatic rings. The van der Waals surface area contributed by atoms with Gasteiger partial charge in [-0.2, -0.15) is 0 Å². The molecule has 0 aliphatic carbocycles. The van der Waals surface area contributed by atoms with Crippen molar-refractivity contribution in [3.8, 4) is 11.5 Å². The number of hydrogen-bond acceptors (Lipinski definition) is 6. The molecule has 1 heterocycles. The Morgan fingerprint density at radius 2 is 1.84 bits per heavy atom. The first-order chi connectivity index (χ1) is 11.7. The SMILES string of the molecule is O=C(O)OC1Oc2cc(S(=O)(=O)c3cccc(Cl)c3)c(Cl)c(Cl)c2O1. The number of halogens is 3. The van der Waals surface area contributed by atoms with Gasteiger partial charge in [-0.3, -0.25) is 0 Å². The van der Waals surface area contributed by atoms with Crippen LogP contribution in [0.4, 0.5) is 4.79 Å². The Hall–Kier alpha value is -1.87. The van der Waals surface area contributed by atoms with Gasteiger partial charge in [0.25, 0.3) is 0 Å². The predicted molar refractivity (Wildman–Crippen MR) is 87.5 cm³/mol. The molecule has 3 rings (SSSR count). The number of carbonyl (C=O) groups is 1. The number of benzene rings is 2. The van der Waals surface area contributed by atoms with E-state index >= 15 is 0 Å². The van der Waals surface area contributed by atoms with Crippen LogP contribution in [0, 0.1) is 0 Å². The minimum absolute atomic E-state index is 0.102. The van der Waals surface area contributed by atoms with E-state index in [0.29, 0.717) is 0 Å². The molecular formula is C14H7Cl3O7S. The predicted octanol–water partition coefficient (Wildman–Crippen LogP) is 4.23. The quantitative estimate of drug-likeness (QED) is 0.735. The normalized spacial score (nSPS) is 15.9. The van der Waals surface area contributed by atoms with Crippen LogP contribution in [0.3, 0.4) is 0 Å². The molecule has 0 bridgehead atoms. The zero-order valence-corrected chi connectivity index (χ0v) is 15.0. The fraction of sp³-hybridized carbons (Fsp3) is 0.0714. The van der Waals surface area contributed by atoms with E-state index < -0.39 is 22.5 Å². The van der Waals surface area contributed by atoms with Gasteiger partial charge in [-0.05, 0) is 18.2 Å². The van der Waals surface area contributed by atoms with Crippen LogP contribution in [0.5, 0.6) is 11.5 Å². The molecule has 0 fully saturated rings. The summed E-state index contributed by atoms with van der Waals surface area (Å²) in [6, 6.07) is 6.65. The first-order valence-electron chi connectivity index (χ1n) is 6.45. The van der Waals surface area contributed by atoms with Crippen molar-refractivity contribution in [3.05, 3.63) is 45.4 Å². The van der Waals surface area contributed by atoms with Crippen LogP contribution < -0.4 is 9.47 Å². The van der Waals surface area contributed by atoms with Crippen LogP contribution in [0.15, 0.2) is 40.1 Å². The van der Waals surface area contributed by atoms with Crippen molar-refractivity contribution in [2.24, 2.45) is 0 Å². The number of rotatable bonds is 3. The van der Waals surface area contributed by atoms with Gasteiger partial charge in [0.05, 0.1) is 14.8 Å². The summed E-state index contributed by atoms with van der Waals surface area (Å²) in [4.78, 5) is 10.1. The minimum Gasteiger partial charge on any atom is -0.450 e. The molecule has 2 aromatic carbocycles. The van der Waals surface area contributed by atoms with Crippen molar-refractivity contribution in [3.63, 3.8) is 0 Å². The molecule has 1 aliphatic heterocycles. The summed E-state index contributed by atoms with van der Waals surface area (Å²) in [5, 5.41) is 8.25. The molecule has 7 nitrogen and oxygen atoms in total. The van der Waals surface area contributed by atoms with Gasteiger partial charge in [-0.15, -0.1) is 0 Å². The summed E-state index contributed by atoms with van der Waals surface area (Å²) in [7, 11) is -4.07. The molecule has 2 aromatic rings. The maximum Gasteiger partial charge on any atom is 0.511 e. The van der Waals surface area contributed by atoms with Crippen LogP contribution in [-0.4, -0.2) is 26.2 Å². The summed E-state index contributed by atoms with van der Waals surface area (Å²) in [6.45, 7) is -1.62. The molecule has 0 saturated heterocycles. The second kappa shape index (κ2) is 6.45. The molecule has 0 aromatic heterocycles. The van der Waals surface area contributed by atoms with Gasteiger partial charge in [-0.25, -0.2) is 13.2 Å². The largest absolute Gasteiger partial charge is 0.511 e. The van der Waals surface area contributed by atoms with Crippen molar-refractivity contribution in [2.45, 2.75) is 16.3 Å². The second-order valence-electron chi connectivity index (χ2n) is 4.70. The third kappa shape index (κ3) is 3.30. The lowest BCUT2D eigenvalue weighted by Crippen LogP contribution is -2.24. The van der Waals surface area contributed by atoms with E-state index in [0.717, 1.165) is 6.07 Å². The summed E-state index contributed by atoms with van der Waals surface area (Å²) in [5.41, 5.74) is 0. The highest BCUT2D eigenvalue weighted by atomic mass is 35.5. The van der Waals surface area contributed by atoms with Gasteiger partial charge in [0.2, 0.25) is 9.84 Å². The molecular weight excluding hydrogens is 419 g/mol. The van der Waals surface area contributed by atoms with E-state index in [1.165, 1.54) is 24.3 Å². The molecule has 0 radical (unpaired) electrons. The Kier molecular flexibility index (Phi) is 4.63. The second-order valence-corrected chi connectivity index (χ2v) is 7.81. The fourth-order valence-electron chi connectivity index (χ4n) is 2.07. The minimum atomic E-state index is -4.07. The summed E-state index contributed by atoms with van der Waals surface area (Å²) in [6.07, 6.45) is -1.65. The molecule has 132 valence electrons. The van der Waals surface area contributed by atoms with Crippen molar-refractivity contribution in [2.75, 3.05) is 0 Å². The Labute approximate surface area is 156 Å². The zero-order chi connectivity index (χ0) is 18.4. The molecule has 0 amide bonds. The van der Waals surface area contributed by atoms with Crippen LogP contribution in [0.1, 0.15) is 0 Å². The summed E-state index contributed by atoms with van der Waals surface area (Å²) < 4.78 is 40.1. The Bertz CT molecular complexity index is 975. The summed E-state index contributed by atoms with van der Waals surface area (Å²) >= 11 is 17.9. The first-order valence-corrected chi connectivity index (χ1v) is 9.07. The standard InChI is InChI=1S/C14H7Cl3O7S/c15-6-2-1-3-7(4-6)25(20,21)9-5-8-12(11(17)10(9)16)23-14(22-8)24-13(18)19/h1-5,14H,(H,18,19). The fourth-order valence-corrected chi connectivity index (χ4v) is 4.46. The van der Waals surface area contributed by atoms with Crippen LogP contribution in [-0.2, 0) is 14.6 Å². The maximum atomic E-state index is 12.8. The third-order valence-electron chi connectivity index (χ3n) is 3.12. The molecule has 0 spiro atoms. The molecule has 11 heteroatoms. The van der Waals surface area contributed by atoms with Gasteiger partial charge in [0, 0.05) is 11.1 Å². The molecule has 1 unspecified atom stereocenters. The van der Waals surface area contributed by atoms with Gasteiger partial charge >= 0.3 is 12.6 Å². The maximum absolute atomic E-state index is 12.8. The van der Waals surface area contributed by atoms with Gasteiger partial charge in [-0.1, -0.05) is 40.9 Å². The smallest absolute Gasteiger partial charge is 0.450 e. The van der Waals surface area contributed by atoms with Gasteiger partial charge in [0.15, 0.2) is 11.5 Å². The van der Waals surface area contributed by atoms with E-state index in [1.807, 2.05) is 0 Å². The highest BCUT2D eigenvalue weighted by Gasteiger charge is 2.35. The van der Waals surface area contributed by atoms with E-state index in [-0.39, 0.29) is 36.4 Å². The monoisotopic (exact) mass is 424 g/mol. The Morgan fingerprint density at radius 1 is 1.12 bits per heavy atom. The average molecular weight is 426 g/mol. The lowest BCUT2D eigenvalue weighted by Gasteiger charge is -2.10. The third-order valence-corrected chi connectivity index (χ3v) is 6.10. The average Bonchev–Trinajstić information content (AvgIpc) is 2.92. The van der Waals surface area contributed by atoms with Crippen LogP contribution in [0.2, 0.25) is 15.1 Å². The number of hydrogen-bond donors (Lipinski definition) is 1. The van der Waals surface area contributed by atoms with E-state index in [4.69, 9.17) is 49.4 Å². The molecule has 1 atom stereocenters. The van der Waals surface area contributed by atoms with Crippen LogP contribution >= 0.6 is 34.8 Å². The lowest BCUT2D eigenvalue weighted by atomic mass is 10.3. The van der Waals surface area contributed by atoms with E-state index in [2.05, 4.69) is 4.74 Å². The molecule has 0 saturated carbocycles. The van der Waals surface area contributed by atoms with Crippen molar-refractivity contribution in [1.82, 2.24) is 0 Å². The van der Waals surface area contributed by atoms with Crippen molar-refractivity contribution < 1.29 is 32.5 Å². The molecule has 1 N–H and O–H groups in total.